The molecule has 1 aliphatic heterocycles. The minimum Gasteiger partial charge on any atom is -0.390 e. The molecule has 0 aliphatic carbocycles. The highest BCUT2D eigenvalue weighted by Gasteiger charge is 2.55. The maximum atomic E-state index is 12.2. The van der Waals surface area contributed by atoms with E-state index in [0.717, 1.165) is 29.9 Å². The second kappa shape index (κ2) is 7.82. The molecule has 0 saturated carbocycles. The Morgan fingerprint density at radius 1 is 1.07 bits per heavy atom. The van der Waals surface area contributed by atoms with E-state index in [1.54, 1.807) is 6.20 Å². The summed E-state index contributed by atoms with van der Waals surface area (Å²) < 4.78 is 0. The first-order valence-corrected chi connectivity index (χ1v) is 10.6. The summed E-state index contributed by atoms with van der Waals surface area (Å²) in [6, 6.07) is 12.4. The van der Waals surface area contributed by atoms with Crippen molar-refractivity contribution >= 4 is 0 Å². The van der Waals surface area contributed by atoms with Gasteiger partial charge in [-0.25, -0.2) is 0 Å². The molecule has 2 N–H and O–H groups in total. The van der Waals surface area contributed by atoms with Gasteiger partial charge in [0.05, 0.1) is 5.60 Å². The SMILES string of the molecule is CC(C)c1ccc([C@](O)(c2ccnc(CCC(C)(C)O)c2)C2(C)CN(C)C2)cc1. The average molecular weight is 397 g/mol. The molecule has 3 rings (SSSR count). The average Bonchev–Trinajstić information content (AvgIpc) is 2.64. The molecule has 1 atom stereocenters. The number of benzene rings is 1. The quantitative estimate of drug-likeness (QED) is 0.740. The van der Waals surface area contributed by atoms with Crippen LogP contribution in [0.1, 0.15) is 69.3 Å². The van der Waals surface area contributed by atoms with E-state index in [-0.39, 0.29) is 5.41 Å². The van der Waals surface area contributed by atoms with Gasteiger partial charge in [0, 0.05) is 30.4 Å². The highest BCUT2D eigenvalue weighted by Crippen LogP contribution is 2.50. The molecule has 0 spiro atoms. The Hall–Kier alpha value is -1.75. The van der Waals surface area contributed by atoms with Crippen LogP contribution in [0.2, 0.25) is 0 Å². The fourth-order valence-corrected chi connectivity index (χ4v) is 4.62. The van der Waals surface area contributed by atoms with Gasteiger partial charge in [-0.15, -0.1) is 0 Å². The Bertz CT molecular complexity index is 833. The van der Waals surface area contributed by atoms with Crippen LogP contribution in [0.4, 0.5) is 0 Å². The monoisotopic (exact) mass is 396 g/mol. The van der Waals surface area contributed by atoms with Crippen molar-refractivity contribution < 1.29 is 10.2 Å². The maximum Gasteiger partial charge on any atom is 0.122 e. The van der Waals surface area contributed by atoms with Crippen LogP contribution in [0.15, 0.2) is 42.6 Å². The second-order valence-electron chi connectivity index (χ2n) is 10.1. The highest BCUT2D eigenvalue weighted by molar-refractivity contribution is 5.42. The third-order valence-electron chi connectivity index (χ3n) is 6.33. The minimum absolute atomic E-state index is 0.282. The molecule has 2 aromatic rings. The number of pyridine rings is 1. The van der Waals surface area contributed by atoms with Gasteiger partial charge in [-0.05, 0) is 68.5 Å². The zero-order chi connectivity index (χ0) is 21.4. The van der Waals surface area contributed by atoms with Crippen LogP contribution in [0.3, 0.4) is 0 Å². The van der Waals surface area contributed by atoms with Gasteiger partial charge >= 0.3 is 0 Å². The molecule has 0 amide bonds. The van der Waals surface area contributed by atoms with Crippen molar-refractivity contribution in [2.75, 3.05) is 20.1 Å². The van der Waals surface area contributed by atoms with E-state index in [9.17, 15) is 10.2 Å². The van der Waals surface area contributed by atoms with Crippen molar-refractivity contribution in [1.82, 2.24) is 9.88 Å². The first-order chi connectivity index (χ1) is 13.4. The highest BCUT2D eigenvalue weighted by atomic mass is 16.3. The lowest BCUT2D eigenvalue weighted by Crippen LogP contribution is -2.63. The van der Waals surface area contributed by atoms with Gasteiger partial charge in [0.2, 0.25) is 0 Å². The van der Waals surface area contributed by atoms with Gasteiger partial charge < -0.3 is 15.1 Å². The van der Waals surface area contributed by atoms with E-state index in [1.165, 1.54) is 5.56 Å². The summed E-state index contributed by atoms with van der Waals surface area (Å²) in [4.78, 5) is 6.74. The van der Waals surface area contributed by atoms with Gasteiger partial charge in [-0.1, -0.05) is 45.0 Å². The molecule has 1 aromatic carbocycles. The molecule has 0 bridgehead atoms. The number of rotatable bonds is 7. The number of hydrogen-bond donors (Lipinski definition) is 2. The van der Waals surface area contributed by atoms with Crippen molar-refractivity contribution in [3.8, 4) is 0 Å². The van der Waals surface area contributed by atoms with Gasteiger partial charge in [0.1, 0.15) is 5.60 Å². The predicted molar refractivity (Wildman–Crippen MR) is 118 cm³/mol. The molecule has 2 heterocycles. The first kappa shape index (κ1) is 21.9. The summed E-state index contributed by atoms with van der Waals surface area (Å²) >= 11 is 0. The Labute approximate surface area is 175 Å². The number of aliphatic hydroxyl groups is 2. The Morgan fingerprint density at radius 3 is 2.21 bits per heavy atom. The van der Waals surface area contributed by atoms with Gasteiger partial charge in [-0.3, -0.25) is 4.98 Å². The summed E-state index contributed by atoms with van der Waals surface area (Å²) in [5.74, 6) is 0.455. The van der Waals surface area contributed by atoms with Gasteiger partial charge in [0.25, 0.3) is 0 Å². The van der Waals surface area contributed by atoms with Crippen molar-refractivity contribution in [3.05, 3.63) is 65.0 Å². The molecule has 1 aromatic heterocycles. The first-order valence-electron chi connectivity index (χ1n) is 10.6. The maximum absolute atomic E-state index is 12.2. The van der Waals surface area contributed by atoms with Crippen molar-refractivity contribution in [2.45, 2.75) is 64.6 Å². The molecule has 0 unspecified atom stereocenters. The molecule has 4 nitrogen and oxygen atoms in total. The third kappa shape index (κ3) is 4.40. The van der Waals surface area contributed by atoms with Crippen LogP contribution < -0.4 is 0 Å². The van der Waals surface area contributed by atoms with Crippen molar-refractivity contribution in [1.29, 1.82) is 0 Å². The zero-order valence-corrected chi connectivity index (χ0v) is 18.7. The van der Waals surface area contributed by atoms with E-state index in [1.807, 2.05) is 26.0 Å². The van der Waals surface area contributed by atoms with Crippen LogP contribution in [0.5, 0.6) is 0 Å². The minimum atomic E-state index is -1.10. The number of nitrogens with zero attached hydrogens (tertiary/aromatic N) is 2. The van der Waals surface area contributed by atoms with Crippen molar-refractivity contribution in [3.63, 3.8) is 0 Å². The van der Waals surface area contributed by atoms with Crippen LogP contribution in [-0.4, -0.2) is 45.8 Å². The standard InChI is InChI=1S/C25H36N2O2/c1-18(2)19-7-9-20(10-8-19)25(29,24(5)16-27(6)17-24)21-12-14-26-22(15-21)11-13-23(3,4)28/h7-10,12,14-15,18,28-29H,11,13,16-17H2,1-6H3/t25-/m0/s1. The van der Waals surface area contributed by atoms with E-state index in [4.69, 9.17) is 0 Å². The second-order valence-corrected chi connectivity index (χ2v) is 10.1. The molecule has 4 heteroatoms. The fourth-order valence-electron chi connectivity index (χ4n) is 4.62. The predicted octanol–water partition coefficient (Wildman–Crippen LogP) is 4.10. The van der Waals surface area contributed by atoms with Crippen LogP contribution in [0, 0.1) is 5.41 Å². The topological polar surface area (TPSA) is 56.6 Å². The Kier molecular flexibility index (Phi) is 5.92. The molecule has 29 heavy (non-hydrogen) atoms. The van der Waals surface area contributed by atoms with E-state index < -0.39 is 11.2 Å². The van der Waals surface area contributed by atoms with Crippen LogP contribution in [0.25, 0.3) is 0 Å². The molecule has 158 valence electrons. The largest absolute Gasteiger partial charge is 0.390 e. The molecular formula is C25H36N2O2. The summed E-state index contributed by atoms with van der Waals surface area (Å²) in [5.41, 5.74) is 1.87. The molecular weight excluding hydrogens is 360 g/mol. The molecule has 1 fully saturated rings. The third-order valence-corrected chi connectivity index (χ3v) is 6.33. The van der Waals surface area contributed by atoms with E-state index >= 15 is 0 Å². The normalized spacial score (nSPS) is 19.1. The fraction of sp³-hybridized carbons (Fsp3) is 0.560. The summed E-state index contributed by atoms with van der Waals surface area (Å²) in [6.45, 7) is 11.8. The van der Waals surface area contributed by atoms with Crippen LogP contribution in [-0.2, 0) is 12.0 Å². The van der Waals surface area contributed by atoms with Crippen LogP contribution >= 0.6 is 0 Å². The lowest BCUT2D eigenvalue weighted by atomic mass is 9.62. The number of aromatic nitrogens is 1. The lowest BCUT2D eigenvalue weighted by molar-refractivity contribution is -0.127. The van der Waals surface area contributed by atoms with E-state index in [0.29, 0.717) is 18.8 Å². The van der Waals surface area contributed by atoms with Crippen molar-refractivity contribution in [2.24, 2.45) is 5.41 Å². The summed E-state index contributed by atoms with van der Waals surface area (Å²) in [5, 5.41) is 22.3. The molecule has 1 saturated heterocycles. The number of aryl methyl sites for hydroxylation is 1. The molecule has 0 radical (unpaired) electrons. The van der Waals surface area contributed by atoms with Gasteiger partial charge in [-0.2, -0.15) is 0 Å². The zero-order valence-electron chi connectivity index (χ0n) is 18.7. The van der Waals surface area contributed by atoms with E-state index in [2.05, 4.69) is 62.0 Å². The number of likely N-dealkylation sites (tertiary alicyclic amines) is 1. The number of hydrogen-bond acceptors (Lipinski definition) is 4. The molecule has 1 aliphatic rings. The lowest BCUT2D eigenvalue weighted by Gasteiger charge is -2.56. The Balaban J connectivity index is 2.03. The van der Waals surface area contributed by atoms with Gasteiger partial charge in [0.15, 0.2) is 0 Å². The smallest absolute Gasteiger partial charge is 0.122 e. The summed E-state index contributed by atoms with van der Waals surface area (Å²) in [7, 11) is 2.09. The summed E-state index contributed by atoms with van der Waals surface area (Å²) in [6.07, 6.45) is 3.09. The Morgan fingerprint density at radius 2 is 1.69 bits per heavy atom.